The molecule has 2 rings (SSSR count). The number of aryl methyl sites for hydroxylation is 1. The maximum absolute atomic E-state index is 11.9. The van der Waals surface area contributed by atoms with E-state index in [-0.39, 0.29) is 21.4 Å². The highest BCUT2D eigenvalue weighted by Crippen LogP contribution is 2.31. The van der Waals surface area contributed by atoms with Gasteiger partial charge in [0.25, 0.3) is 5.69 Å². The van der Waals surface area contributed by atoms with Crippen molar-refractivity contribution in [1.29, 1.82) is 0 Å². The van der Waals surface area contributed by atoms with Crippen LogP contribution in [0.5, 0.6) is 0 Å². The number of nitro groups is 1. The van der Waals surface area contributed by atoms with Crippen molar-refractivity contribution in [2.75, 3.05) is 0 Å². The summed E-state index contributed by atoms with van der Waals surface area (Å²) < 4.78 is 23.8. The summed E-state index contributed by atoms with van der Waals surface area (Å²) >= 11 is 0. The van der Waals surface area contributed by atoms with Crippen molar-refractivity contribution in [2.45, 2.75) is 11.8 Å². The summed E-state index contributed by atoms with van der Waals surface area (Å²) in [5.74, 6) is 0. The molecule has 1 aromatic heterocycles. The van der Waals surface area contributed by atoms with E-state index in [0.717, 1.165) is 11.5 Å². The van der Waals surface area contributed by atoms with Gasteiger partial charge in [-0.05, 0) is 19.1 Å². The van der Waals surface area contributed by atoms with Gasteiger partial charge in [-0.25, -0.2) is 8.42 Å². The average molecular weight is 278 g/mol. The van der Waals surface area contributed by atoms with Crippen molar-refractivity contribution in [3.05, 3.63) is 52.2 Å². The van der Waals surface area contributed by atoms with Gasteiger partial charge in [0.05, 0.1) is 15.2 Å². The largest absolute Gasteiger partial charge is 0.278 e. The zero-order valence-corrected chi connectivity index (χ0v) is 10.8. The van der Waals surface area contributed by atoms with Gasteiger partial charge in [-0.1, -0.05) is 6.58 Å². The Morgan fingerprint density at radius 2 is 2.05 bits per heavy atom. The second-order valence-electron chi connectivity index (χ2n) is 3.92. The molecule has 0 spiro atoms. The molecule has 0 bridgehead atoms. The molecular weight excluding hydrogens is 268 g/mol. The number of hydrogen-bond acceptors (Lipinski definition) is 5. The van der Waals surface area contributed by atoms with Gasteiger partial charge in [-0.15, -0.1) is 0 Å². The number of fused-ring (bicyclic) bond motifs is 1. The Hall–Kier alpha value is -2.28. The maximum Gasteiger partial charge on any atom is 0.278 e. The quantitative estimate of drug-likeness (QED) is 0.635. The van der Waals surface area contributed by atoms with E-state index in [1.807, 2.05) is 0 Å². The topological polar surface area (TPSA) is 90.2 Å². The molecule has 0 amide bonds. The summed E-state index contributed by atoms with van der Waals surface area (Å²) in [5.41, 5.74) is 0.402. The van der Waals surface area contributed by atoms with Gasteiger partial charge in [0.1, 0.15) is 0 Å². The third-order valence-corrected chi connectivity index (χ3v) is 4.11. The van der Waals surface area contributed by atoms with Crippen LogP contribution >= 0.6 is 0 Å². The Labute approximate surface area is 109 Å². The number of aromatic nitrogens is 1. The highest BCUT2D eigenvalue weighted by atomic mass is 32.2. The molecule has 0 saturated carbocycles. The van der Waals surface area contributed by atoms with Gasteiger partial charge >= 0.3 is 0 Å². The second-order valence-corrected chi connectivity index (χ2v) is 5.79. The van der Waals surface area contributed by atoms with Crippen LogP contribution in [-0.2, 0) is 9.84 Å². The fourth-order valence-corrected chi connectivity index (χ4v) is 2.71. The van der Waals surface area contributed by atoms with Crippen molar-refractivity contribution < 1.29 is 13.3 Å². The number of hydrogen-bond donors (Lipinski definition) is 0. The van der Waals surface area contributed by atoms with Crippen LogP contribution in [0.15, 0.2) is 41.3 Å². The SMILES string of the molecule is C=CS(=O)(=O)c1ccc([N+](=O)[O-])c2cnc(C)cc12. The predicted molar refractivity (Wildman–Crippen MR) is 70.5 cm³/mol. The lowest BCUT2D eigenvalue weighted by molar-refractivity contribution is -0.383. The second kappa shape index (κ2) is 4.43. The van der Waals surface area contributed by atoms with Crippen LogP contribution in [0, 0.1) is 17.0 Å². The number of pyridine rings is 1. The summed E-state index contributed by atoms with van der Waals surface area (Å²) in [5, 5.41) is 12.2. The normalized spacial score (nSPS) is 11.4. The molecule has 0 aliphatic carbocycles. The van der Waals surface area contributed by atoms with E-state index < -0.39 is 14.8 Å². The molecule has 7 heteroatoms. The minimum Gasteiger partial charge on any atom is -0.261 e. The van der Waals surface area contributed by atoms with Crippen LogP contribution in [0.4, 0.5) is 5.69 Å². The van der Waals surface area contributed by atoms with Crippen LogP contribution in [0.25, 0.3) is 10.8 Å². The summed E-state index contributed by atoms with van der Waals surface area (Å²) in [7, 11) is -3.67. The Morgan fingerprint density at radius 3 is 2.63 bits per heavy atom. The molecule has 0 unspecified atom stereocenters. The lowest BCUT2D eigenvalue weighted by Gasteiger charge is -2.06. The van der Waals surface area contributed by atoms with E-state index in [1.54, 1.807) is 6.92 Å². The van der Waals surface area contributed by atoms with E-state index in [0.29, 0.717) is 5.69 Å². The van der Waals surface area contributed by atoms with Gasteiger partial charge in [0.15, 0.2) is 9.84 Å². The number of rotatable bonds is 3. The highest BCUT2D eigenvalue weighted by Gasteiger charge is 2.20. The fourth-order valence-electron chi connectivity index (χ4n) is 1.80. The average Bonchev–Trinajstić information content (AvgIpc) is 2.36. The third-order valence-electron chi connectivity index (χ3n) is 2.70. The van der Waals surface area contributed by atoms with Gasteiger partial charge in [-0.2, -0.15) is 0 Å². The van der Waals surface area contributed by atoms with E-state index in [1.165, 1.54) is 18.3 Å². The highest BCUT2D eigenvalue weighted by molar-refractivity contribution is 7.94. The molecule has 0 saturated heterocycles. The van der Waals surface area contributed by atoms with Crippen LogP contribution in [-0.4, -0.2) is 18.3 Å². The Kier molecular flexibility index (Phi) is 3.07. The first-order valence-corrected chi connectivity index (χ1v) is 6.82. The zero-order valence-electron chi connectivity index (χ0n) is 10.0. The minimum absolute atomic E-state index is 0.00593. The van der Waals surface area contributed by atoms with Crippen LogP contribution in [0.2, 0.25) is 0 Å². The Bertz CT molecular complexity index is 797. The van der Waals surface area contributed by atoms with Gasteiger partial charge < -0.3 is 0 Å². The van der Waals surface area contributed by atoms with Crippen LogP contribution in [0.1, 0.15) is 5.69 Å². The molecular formula is C12H10N2O4S. The number of nitro benzene ring substituents is 1. The number of non-ortho nitro benzene ring substituents is 1. The monoisotopic (exact) mass is 278 g/mol. The number of benzene rings is 1. The van der Waals surface area contributed by atoms with Crippen molar-refractivity contribution in [3.63, 3.8) is 0 Å². The van der Waals surface area contributed by atoms with Crippen molar-refractivity contribution in [2.24, 2.45) is 0 Å². The molecule has 1 heterocycles. The van der Waals surface area contributed by atoms with E-state index in [2.05, 4.69) is 11.6 Å². The molecule has 0 N–H and O–H groups in total. The molecule has 0 atom stereocenters. The number of nitrogens with zero attached hydrogens (tertiary/aromatic N) is 2. The third kappa shape index (κ3) is 2.19. The molecule has 0 aliphatic heterocycles. The van der Waals surface area contributed by atoms with Gasteiger partial charge in [-0.3, -0.25) is 15.1 Å². The zero-order chi connectivity index (χ0) is 14.2. The molecule has 1 aromatic carbocycles. The minimum atomic E-state index is -3.67. The predicted octanol–water partition coefficient (Wildman–Crippen LogP) is 2.37. The number of sulfone groups is 1. The molecule has 0 fully saturated rings. The lowest BCUT2D eigenvalue weighted by Crippen LogP contribution is -2.00. The van der Waals surface area contributed by atoms with Crippen molar-refractivity contribution >= 4 is 26.3 Å². The summed E-state index contributed by atoms with van der Waals surface area (Å²) in [6.45, 7) is 4.94. The van der Waals surface area contributed by atoms with Gasteiger partial charge in [0, 0.05) is 28.8 Å². The van der Waals surface area contributed by atoms with Crippen molar-refractivity contribution in [1.82, 2.24) is 4.98 Å². The first-order valence-electron chi connectivity index (χ1n) is 5.28. The lowest BCUT2D eigenvalue weighted by atomic mass is 10.1. The molecule has 19 heavy (non-hydrogen) atoms. The van der Waals surface area contributed by atoms with Gasteiger partial charge in [0.2, 0.25) is 0 Å². The first kappa shape index (κ1) is 13.2. The van der Waals surface area contributed by atoms with E-state index in [9.17, 15) is 18.5 Å². The molecule has 98 valence electrons. The molecule has 2 aromatic rings. The summed E-state index contributed by atoms with van der Waals surface area (Å²) in [4.78, 5) is 14.3. The summed E-state index contributed by atoms with van der Waals surface area (Å²) in [6.07, 6.45) is 1.31. The van der Waals surface area contributed by atoms with E-state index in [4.69, 9.17) is 0 Å². The molecule has 6 nitrogen and oxygen atoms in total. The Morgan fingerprint density at radius 1 is 1.37 bits per heavy atom. The van der Waals surface area contributed by atoms with Crippen molar-refractivity contribution in [3.8, 4) is 0 Å². The standard InChI is InChI=1S/C12H10N2O4S/c1-3-19(17,18)12-5-4-11(14(15)16)10-7-13-8(2)6-9(10)12/h3-7H,1H2,2H3. The smallest absolute Gasteiger partial charge is 0.261 e. The fraction of sp³-hybridized carbons (Fsp3) is 0.0833. The maximum atomic E-state index is 11.9. The Balaban J connectivity index is 2.98. The summed E-state index contributed by atoms with van der Waals surface area (Å²) in [6, 6.07) is 3.89. The van der Waals surface area contributed by atoms with E-state index >= 15 is 0 Å². The molecule has 0 aliphatic rings. The van der Waals surface area contributed by atoms with Crippen LogP contribution < -0.4 is 0 Å². The first-order chi connectivity index (χ1) is 8.86. The van der Waals surface area contributed by atoms with Crippen LogP contribution in [0.3, 0.4) is 0 Å². The molecule has 0 radical (unpaired) electrons.